The molecule has 0 unspecified atom stereocenters. The molecule has 2 N–H and O–H groups in total. The molecule has 3 aromatic carbocycles. The lowest BCUT2D eigenvalue weighted by atomic mass is 10.1. The van der Waals surface area contributed by atoms with E-state index in [1.807, 2.05) is 56.3 Å². The third-order valence-electron chi connectivity index (χ3n) is 3.87. The largest absolute Gasteiger partial charge is 0.457 e. The van der Waals surface area contributed by atoms with Gasteiger partial charge in [0.2, 0.25) is 0 Å². The van der Waals surface area contributed by atoms with Crippen molar-refractivity contribution in [3.05, 3.63) is 88.4 Å². The van der Waals surface area contributed by atoms with E-state index < -0.39 is 0 Å². The van der Waals surface area contributed by atoms with Gasteiger partial charge in [0.15, 0.2) is 5.11 Å². The van der Waals surface area contributed by atoms with E-state index in [9.17, 15) is 4.79 Å². The maximum absolute atomic E-state index is 12.4. The summed E-state index contributed by atoms with van der Waals surface area (Å²) in [5.41, 5.74) is 3.38. The monoisotopic (exact) mass is 410 g/mol. The van der Waals surface area contributed by atoms with Crippen molar-refractivity contribution < 1.29 is 9.53 Å². The average Bonchev–Trinajstić information content (AvgIpc) is 2.64. The molecule has 0 aromatic heterocycles. The van der Waals surface area contributed by atoms with Gasteiger partial charge >= 0.3 is 0 Å². The standard InChI is InChI=1S/C22H19ClN2O2S/c1-14-11-15(2)13-16(12-14)21(26)25-22(28)24-18-5-9-20(10-6-18)27-19-7-3-17(23)4-8-19/h3-13H,1-2H3,(H2,24,25,26,28). The summed E-state index contributed by atoms with van der Waals surface area (Å²) in [5.74, 6) is 1.13. The van der Waals surface area contributed by atoms with Crippen LogP contribution in [0.25, 0.3) is 0 Å². The van der Waals surface area contributed by atoms with Gasteiger partial charge in [-0.25, -0.2) is 0 Å². The van der Waals surface area contributed by atoms with E-state index in [4.69, 9.17) is 28.6 Å². The second kappa shape index (κ2) is 8.87. The molecule has 3 aromatic rings. The third-order valence-corrected chi connectivity index (χ3v) is 4.33. The van der Waals surface area contributed by atoms with Crippen molar-refractivity contribution in [1.82, 2.24) is 5.32 Å². The Hall–Kier alpha value is -2.89. The number of aryl methyl sites for hydroxylation is 2. The summed E-state index contributed by atoms with van der Waals surface area (Å²) < 4.78 is 5.75. The first-order valence-electron chi connectivity index (χ1n) is 8.63. The van der Waals surface area contributed by atoms with E-state index in [1.165, 1.54) is 0 Å². The lowest BCUT2D eigenvalue weighted by Crippen LogP contribution is -2.34. The maximum Gasteiger partial charge on any atom is 0.257 e. The number of hydrogen-bond acceptors (Lipinski definition) is 3. The van der Waals surface area contributed by atoms with Gasteiger partial charge in [0.05, 0.1) is 0 Å². The van der Waals surface area contributed by atoms with Crippen molar-refractivity contribution in [2.45, 2.75) is 13.8 Å². The smallest absolute Gasteiger partial charge is 0.257 e. The summed E-state index contributed by atoms with van der Waals surface area (Å²) in [6, 6.07) is 20.1. The zero-order chi connectivity index (χ0) is 20.1. The Morgan fingerprint density at radius 1 is 0.893 bits per heavy atom. The predicted molar refractivity (Wildman–Crippen MR) is 118 cm³/mol. The number of carbonyl (C=O) groups excluding carboxylic acids is 1. The highest BCUT2D eigenvalue weighted by Gasteiger charge is 2.09. The van der Waals surface area contributed by atoms with E-state index in [-0.39, 0.29) is 11.0 Å². The van der Waals surface area contributed by atoms with Gasteiger partial charge in [-0.2, -0.15) is 0 Å². The van der Waals surface area contributed by atoms with Crippen LogP contribution in [0.3, 0.4) is 0 Å². The van der Waals surface area contributed by atoms with E-state index in [2.05, 4.69) is 10.6 Å². The number of rotatable bonds is 4. The summed E-state index contributed by atoms with van der Waals surface area (Å²) in [6.45, 7) is 3.90. The van der Waals surface area contributed by atoms with Crippen molar-refractivity contribution in [3.63, 3.8) is 0 Å². The number of halogens is 1. The van der Waals surface area contributed by atoms with Crippen LogP contribution in [0.1, 0.15) is 21.5 Å². The Balaban J connectivity index is 1.58. The van der Waals surface area contributed by atoms with Crippen molar-refractivity contribution in [2.75, 3.05) is 5.32 Å². The molecule has 0 atom stereocenters. The molecule has 0 bridgehead atoms. The summed E-state index contributed by atoms with van der Waals surface area (Å²) >= 11 is 11.1. The molecule has 0 saturated heterocycles. The molecular formula is C22H19ClN2O2S. The highest BCUT2D eigenvalue weighted by molar-refractivity contribution is 7.80. The topological polar surface area (TPSA) is 50.4 Å². The van der Waals surface area contributed by atoms with Crippen LogP contribution in [-0.4, -0.2) is 11.0 Å². The summed E-state index contributed by atoms with van der Waals surface area (Å²) in [4.78, 5) is 12.4. The van der Waals surface area contributed by atoms with Crippen LogP contribution in [0.2, 0.25) is 5.02 Å². The summed E-state index contributed by atoms with van der Waals surface area (Å²) in [7, 11) is 0. The van der Waals surface area contributed by atoms with Crippen molar-refractivity contribution >= 4 is 40.5 Å². The Labute approximate surface area is 174 Å². The second-order valence-corrected chi connectivity index (χ2v) is 7.21. The number of amides is 1. The Bertz CT molecular complexity index is 982. The van der Waals surface area contributed by atoms with Crippen molar-refractivity contribution in [1.29, 1.82) is 0 Å². The number of carbonyl (C=O) groups is 1. The van der Waals surface area contributed by atoms with Crippen LogP contribution >= 0.6 is 23.8 Å². The SMILES string of the molecule is Cc1cc(C)cc(C(=O)NC(=S)Nc2ccc(Oc3ccc(Cl)cc3)cc2)c1. The summed E-state index contributed by atoms with van der Waals surface area (Å²) in [5, 5.41) is 6.58. The van der Waals surface area contributed by atoms with Crippen LogP contribution in [0.15, 0.2) is 66.7 Å². The lowest BCUT2D eigenvalue weighted by molar-refractivity contribution is 0.0977. The summed E-state index contributed by atoms with van der Waals surface area (Å²) in [6.07, 6.45) is 0. The Morgan fingerprint density at radius 2 is 1.43 bits per heavy atom. The van der Waals surface area contributed by atoms with E-state index >= 15 is 0 Å². The molecule has 0 aliphatic rings. The number of nitrogens with one attached hydrogen (secondary N) is 2. The van der Waals surface area contributed by atoms with E-state index in [1.54, 1.807) is 24.3 Å². The highest BCUT2D eigenvalue weighted by Crippen LogP contribution is 2.24. The number of thiocarbonyl (C=S) groups is 1. The minimum atomic E-state index is -0.244. The minimum absolute atomic E-state index is 0.232. The highest BCUT2D eigenvalue weighted by atomic mass is 35.5. The van der Waals surface area contributed by atoms with E-state index in [0.717, 1.165) is 16.8 Å². The van der Waals surface area contributed by atoms with Gasteiger partial charge in [-0.1, -0.05) is 28.8 Å². The zero-order valence-corrected chi connectivity index (χ0v) is 17.0. The molecule has 1 amide bonds. The van der Waals surface area contributed by atoms with Crippen molar-refractivity contribution in [2.24, 2.45) is 0 Å². The maximum atomic E-state index is 12.4. The molecule has 0 fully saturated rings. The quantitative estimate of drug-likeness (QED) is 0.527. The first-order chi connectivity index (χ1) is 13.4. The second-order valence-electron chi connectivity index (χ2n) is 6.36. The number of anilines is 1. The fraction of sp³-hybridized carbons (Fsp3) is 0.0909. The third kappa shape index (κ3) is 5.55. The molecule has 142 valence electrons. The van der Waals surface area contributed by atoms with Crippen LogP contribution in [-0.2, 0) is 0 Å². The van der Waals surface area contributed by atoms with Crippen LogP contribution < -0.4 is 15.4 Å². The molecule has 0 saturated carbocycles. The molecule has 6 heteroatoms. The predicted octanol–water partition coefficient (Wildman–Crippen LogP) is 5.88. The van der Waals surface area contributed by atoms with Crippen LogP contribution in [0.5, 0.6) is 11.5 Å². The number of hydrogen-bond donors (Lipinski definition) is 2. The molecule has 3 rings (SSSR count). The van der Waals surface area contributed by atoms with Gasteiger partial charge in [-0.15, -0.1) is 0 Å². The van der Waals surface area contributed by atoms with E-state index in [0.29, 0.717) is 22.1 Å². The molecule has 4 nitrogen and oxygen atoms in total. The molecular weight excluding hydrogens is 392 g/mol. The van der Waals surface area contributed by atoms with Gasteiger partial charge in [0, 0.05) is 16.3 Å². The average molecular weight is 411 g/mol. The van der Waals surface area contributed by atoms with Gasteiger partial charge in [0.1, 0.15) is 11.5 Å². The number of benzene rings is 3. The molecule has 0 aliphatic heterocycles. The molecule has 0 heterocycles. The first-order valence-corrected chi connectivity index (χ1v) is 9.42. The van der Waals surface area contributed by atoms with Gasteiger partial charge < -0.3 is 10.1 Å². The van der Waals surface area contributed by atoms with Crippen LogP contribution in [0, 0.1) is 13.8 Å². The zero-order valence-electron chi connectivity index (χ0n) is 15.5. The van der Waals surface area contributed by atoms with Gasteiger partial charge in [-0.05, 0) is 86.7 Å². The molecule has 0 aliphatic carbocycles. The van der Waals surface area contributed by atoms with Gasteiger partial charge in [-0.3, -0.25) is 10.1 Å². The first kappa shape index (κ1) is 19.9. The normalized spacial score (nSPS) is 10.2. The minimum Gasteiger partial charge on any atom is -0.457 e. The Kier molecular flexibility index (Phi) is 6.29. The molecule has 0 radical (unpaired) electrons. The molecule has 28 heavy (non-hydrogen) atoms. The molecule has 0 spiro atoms. The Morgan fingerprint density at radius 3 is 2.00 bits per heavy atom. The van der Waals surface area contributed by atoms with Crippen molar-refractivity contribution in [3.8, 4) is 11.5 Å². The van der Waals surface area contributed by atoms with Gasteiger partial charge in [0.25, 0.3) is 5.91 Å². The fourth-order valence-electron chi connectivity index (χ4n) is 2.69. The number of ether oxygens (including phenoxy) is 1. The lowest BCUT2D eigenvalue weighted by Gasteiger charge is -2.11. The van der Waals surface area contributed by atoms with Crippen LogP contribution in [0.4, 0.5) is 5.69 Å². The fourth-order valence-corrected chi connectivity index (χ4v) is 3.02.